The van der Waals surface area contributed by atoms with E-state index in [1.165, 1.54) is 0 Å². The minimum Gasteiger partial charge on any atom is -0.494 e. The normalized spacial score (nSPS) is 11.0. The topological polar surface area (TPSA) is 113 Å². The molecule has 0 aliphatic heterocycles. The third kappa shape index (κ3) is 4.80. The molecule has 1 N–H and O–H groups in total. The molecule has 0 spiro atoms. The molecule has 0 bridgehead atoms. The standard InChI is InChI=1S/C28H29N7O3/c1-4-5-9-21-18-35(26-24(37-2)12-8-13-25(26)38-3)28(36)34(21)17-20-15-14-19(16-29-20)22-10-6-7-11-23(22)27-30-32-33-31-27/h6-8,10-16,18H,4-5,9,17H2,1-3H3,(H,30,31,32,33). The lowest BCUT2D eigenvalue weighted by Gasteiger charge is -2.12. The Bertz CT molecular complexity index is 1550. The molecule has 0 saturated carbocycles. The van der Waals surface area contributed by atoms with Gasteiger partial charge in [-0.05, 0) is 41.8 Å². The molecule has 0 amide bonds. The fraction of sp³-hybridized carbons (Fsp3) is 0.250. The number of pyridine rings is 1. The van der Waals surface area contributed by atoms with E-state index in [1.807, 2.05) is 67.0 Å². The summed E-state index contributed by atoms with van der Waals surface area (Å²) < 4.78 is 14.5. The minimum atomic E-state index is -0.174. The summed E-state index contributed by atoms with van der Waals surface area (Å²) in [7, 11) is 3.17. The number of para-hydroxylation sites is 1. The summed E-state index contributed by atoms with van der Waals surface area (Å²) in [5.41, 5.74) is 4.84. The first-order valence-electron chi connectivity index (χ1n) is 12.4. The van der Waals surface area contributed by atoms with Crippen LogP contribution >= 0.6 is 0 Å². The Morgan fingerprint density at radius 1 is 0.947 bits per heavy atom. The van der Waals surface area contributed by atoms with Crippen LogP contribution in [0.5, 0.6) is 11.5 Å². The van der Waals surface area contributed by atoms with Crippen LogP contribution in [0.4, 0.5) is 0 Å². The van der Waals surface area contributed by atoms with Gasteiger partial charge in [0.05, 0.1) is 26.5 Å². The van der Waals surface area contributed by atoms with Crippen LogP contribution in [0.2, 0.25) is 0 Å². The monoisotopic (exact) mass is 511 g/mol. The van der Waals surface area contributed by atoms with E-state index in [-0.39, 0.29) is 5.69 Å². The lowest BCUT2D eigenvalue weighted by atomic mass is 10.0. The van der Waals surface area contributed by atoms with Gasteiger partial charge in [-0.15, -0.1) is 10.2 Å². The minimum absolute atomic E-state index is 0.174. The van der Waals surface area contributed by atoms with E-state index >= 15 is 0 Å². The SMILES string of the molecule is CCCCc1cn(-c2c(OC)cccc2OC)c(=O)n1Cc1ccc(-c2ccccc2-c2nn[nH]n2)cn1. The van der Waals surface area contributed by atoms with E-state index < -0.39 is 0 Å². The molecule has 5 aromatic rings. The van der Waals surface area contributed by atoms with Crippen molar-refractivity contribution in [2.75, 3.05) is 14.2 Å². The van der Waals surface area contributed by atoms with Gasteiger partial charge in [0.2, 0.25) is 5.82 Å². The molecule has 3 heterocycles. The van der Waals surface area contributed by atoms with E-state index in [9.17, 15) is 4.79 Å². The number of nitrogens with one attached hydrogen (secondary N) is 1. The Balaban J connectivity index is 1.51. The molecule has 5 rings (SSSR count). The molecule has 38 heavy (non-hydrogen) atoms. The summed E-state index contributed by atoms with van der Waals surface area (Å²) in [4.78, 5) is 18.4. The van der Waals surface area contributed by atoms with E-state index in [1.54, 1.807) is 23.4 Å². The summed E-state index contributed by atoms with van der Waals surface area (Å²) in [6.07, 6.45) is 6.45. The highest BCUT2D eigenvalue weighted by atomic mass is 16.5. The predicted octanol–water partition coefficient (Wildman–Crippen LogP) is 4.29. The maximum Gasteiger partial charge on any atom is 0.333 e. The summed E-state index contributed by atoms with van der Waals surface area (Å²) in [5, 5.41) is 14.4. The van der Waals surface area contributed by atoms with Crippen molar-refractivity contribution in [3.8, 4) is 39.7 Å². The van der Waals surface area contributed by atoms with E-state index in [2.05, 4.69) is 27.5 Å². The van der Waals surface area contributed by atoms with E-state index in [0.29, 0.717) is 29.6 Å². The Kier molecular flexibility index (Phi) is 7.30. The fourth-order valence-electron chi connectivity index (χ4n) is 4.53. The third-order valence-corrected chi connectivity index (χ3v) is 6.46. The van der Waals surface area contributed by atoms with Crippen LogP contribution in [-0.4, -0.2) is 49.0 Å². The van der Waals surface area contributed by atoms with Crippen molar-refractivity contribution >= 4 is 0 Å². The second-order valence-corrected chi connectivity index (χ2v) is 8.79. The summed E-state index contributed by atoms with van der Waals surface area (Å²) in [6, 6.07) is 17.3. The average molecular weight is 512 g/mol. The molecule has 3 aromatic heterocycles. The molecule has 0 aliphatic rings. The van der Waals surface area contributed by atoms with Crippen LogP contribution in [0.1, 0.15) is 31.2 Å². The average Bonchev–Trinajstić information content (AvgIpc) is 3.61. The van der Waals surface area contributed by atoms with Gasteiger partial charge in [-0.3, -0.25) is 14.1 Å². The number of aryl methyl sites for hydroxylation is 1. The Hall–Kier alpha value is -4.73. The van der Waals surface area contributed by atoms with E-state index in [4.69, 9.17) is 14.5 Å². The number of rotatable bonds is 10. The summed E-state index contributed by atoms with van der Waals surface area (Å²) >= 11 is 0. The molecule has 2 aromatic carbocycles. The first-order chi connectivity index (χ1) is 18.6. The molecule has 10 nitrogen and oxygen atoms in total. The number of hydrogen-bond acceptors (Lipinski definition) is 7. The number of imidazole rings is 1. The van der Waals surface area contributed by atoms with Gasteiger partial charge >= 0.3 is 5.69 Å². The van der Waals surface area contributed by atoms with Gasteiger partial charge in [0.25, 0.3) is 0 Å². The van der Waals surface area contributed by atoms with Crippen molar-refractivity contribution in [3.05, 3.63) is 88.9 Å². The zero-order valence-electron chi connectivity index (χ0n) is 21.6. The first-order valence-corrected chi connectivity index (χ1v) is 12.4. The van der Waals surface area contributed by atoms with Crippen LogP contribution in [0.15, 0.2) is 71.8 Å². The second-order valence-electron chi connectivity index (χ2n) is 8.79. The molecule has 0 saturated heterocycles. The number of hydrogen-bond donors (Lipinski definition) is 1. The van der Waals surface area contributed by atoms with E-state index in [0.717, 1.165) is 47.3 Å². The molecule has 0 fully saturated rings. The predicted molar refractivity (Wildman–Crippen MR) is 144 cm³/mol. The highest BCUT2D eigenvalue weighted by molar-refractivity contribution is 5.79. The van der Waals surface area contributed by atoms with Crippen LogP contribution in [0.3, 0.4) is 0 Å². The molecule has 0 unspecified atom stereocenters. The van der Waals surface area contributed by atoms with Crippen molar-refractivity contribution in [2.24, 2.45) is 0 Å². The molecular weight excluding hydrogens is 482 g/mol. The van der Waals surface area contributed by atoms with Gasteiger partial charge in [0, 0.05) is 29.2 Å². The maximum absolute atomic E-state index is 13.7. The molecule has 10 heteroatoms. The summed E-state index contributed by atoms with van der Waals surface area (Å²) in [5.74, 6) is 1.65. The Labute approximate surface area is 219 Å². The Morgan fingerprint density at radius 3 is 2.34 bits per heavy atom. The summed E-state index contributed by atoms with van der Waals surface area (Å²) in [6.45, 7) is 2.48. The lowest BCUT2D eigenvalue weighted by molar-refractivity contribution is 0.390. The number of methoxy groups -OCH3 is 2. The molecule has 0 radical (unpaired) electrons. The number of aromatic nitrogens is 7. The number of H-pyrrole nitrogens is 1. The zero-order valence-corrected chi connectivity index (χ0v) is 21.6. The fourth-order valence-corrected chi connectivity index (χ4v) is 4.53. The smallest absolute Gasteiger partial charge is 0.333 e. The van der Waals surface area contributed by atoms with Gasteiger partial charge < -0.3 is 9.47 Å². The van der Waals surface area contributed by atoms with Crippen molar-refractivity contribution < 1.29 is 9.47 Å². The van der Waals surface area contributed by atoms with Crippen LogP contribution < -0.4 is 15.2 Å². The second kappa shape index (κ2) is 11.1. The number of benzene rings is 2. The van der Waals surface area contributed by atoms with Gasteiger partial charge in [-0.2, -0.15) is 5.21 Å². The zero-order chi connectivity index (χ0) is 26.5. The van der Waals surface area contributed by atoms with Crippen molar-refractivity contribution in [1.29, 1.82) is 0 Å². The molecule has 194 valence electrons. The molecule has 0 atom stereocenters. The van der Waals surface area contributed by atoms with Crippen molar-refractivity contribution in [3.63, 3.8) is 0 Å². The molecular formula is C28H29N7O3. The van der Waals surface area contributed by atoms with Gasteiger partial charge in [0.1, 0.15) is 17.2 Å². The van der Waals surface area contributed by atoms with Crippen molar-refractivity contribution in [2.45, 2.75) is 32.7 Å². The number of ether oxygens (including phenoxy) is 2. The highest BCUT2D eigenvalue weighted by Gasteiger charge is 2.19. The van der Waals surface area contributed by atoms with Crippen molar-refractivity contribution in [1.82, 2.24) is 34.7 Å². The third-order valence-electron chi connectivity index (χ3n) is 6.46. The molecule has 0 aliphatic carbocycles. The maximum atomic E-state index is 13.7. The van der Waals surface area contributed by atoms with Crippen LogP contribution in [0, 0.1) is 0 Å². The largest absolute Gasteiger partial charge is 0.494 e. The Morgan fingerprint density at radius 2 is 1.71 bits per heavy atom. The lowest BCUT2D eigenvalue weighted by Crippen LogP contribution is -2.25. The van der Waals surface area contributed by atoms with Gasteiger partial charge in [0.15, 0.2) is 0 Å². The van der Waals surface area contributed by atoms with Crippen LogP contribution in [0.25, 0.3) is 28.2 Å². The first kappa shape index (κ1) is 24.9. The number of tetrazole rings is 1. The number of aromatic amines is 1. The van der Waals surface area contributed by atoms with Gasteiger partial charge in [-0.1, -0.05) is 49.7 Å². The van der Waals surface area contributed by atoms with Gasteiger partial charge in [-0.25, -0.2) is 4.79 Å². The quantitative estimate of drug-likeness (QED) is 0.298. The highest BCUT2D eigenvalue weighted by Crippen LogP contribution is 2.32. The number of nitrogens with zero attached hydrogens (tertiary/aromatic N) is 6. The van der Waals surface area contributed by atoms with Crippen LogP contribution in [-0.2, 0) is 13.0 Å². The number of unbranched alkanes of at least 4 members (excludes halogenated alkanes) is 1.